The fourth-order valence-electron chi connectivity index (χ4n) is 2.73. The van der Waals surface area contributed by atoms with Gasteiger partial charge in [-0.1, -0.05) is 54.6 Å². The van der Waals surface area contributed by atoms with Crippen LogP contribution in [0.15, 0.2) is 84.9 Å². The van der Waals surface area contributed by atoms with Crippen molar-refractivity contribution < 1.29 is 25.2 Å². The van der Waals surface area contributed by atoms with E-state index in [1.807, 2.05) is 6.07 Å². The Balaban J connectivity index is 0.000000167. The van der Waals surface area contributed by atoms with E-state index in [1.165, 1.54) is 12.1 Å². The lowest BCUT2D eigenvalue weighted by atomic mass is 10.0. The fraction of sp³-hybridized carbons (Fsp3) is 0. The molecule has 4 N–H and O–H groups in total. The highest BCUT2D eigenvalue weighted by atomic mass is 16.3. The van der Waals surface area contributed by atoms with E-state index in [-0.39, 0.29) is 34.3 Å². The number of hydrogen-bond donors (Lipinski definition) is 4. The highest BCUT2D eigenvalue weighted by molar-refractivity contribution is 6.10. The molecular weight excluding hydrogens is 356 g/mol. The van der Waals surface area contributed by atoms with E-state index in [2.05, 4.69) is 0 Å². The van der Waals surface area contributed by atoms with Crippen LogP contribution in [0.25, 0.3) is 10.8 Å². The first kappa shape index (κ1) is 18.8. The van der Waals surface area contributed by atoms with E-state index in [1.54, 1.807) is 60.7 Å². The number of phenols is 4. The average Bonchev–Trinajstić information content (AvgIpc) is 2.70. The number of hydrogen-bond acceptors (Lipinski definition) is 5. The first-order chi connectivity index (χ1) is 13.5. The van der Waals surface area contributed by atoms with Crippen LogP contribution in [0.4, 0.5) is 0 Å². The highest BCUT2D eigenvalue weighted by Crippen LogP contribution is 2.30. The lowest BCUT2D eigenvalue weighted by Gasteiger charge is -2.04. The molecule has 0 heterocycles. The van der Waals surface area contributed by atoms with Crippen LogP contribution < -0.4 is 0 Å². The summed E-state index contributed by atoms with van der Waals surface area (Å²) in [7, 11) is 0. The predicted molar refractivity (Wildman–Crippen MR) is 107 cm³/mol. The van der Waals surface area contributed by atoms with Crippen molar-refractivity contribution in [1.82, 2.24) is 0 Å². The Morgan fingerprint density at radius 3 is 1.68 bits per heavy atom. The molecule has 5 heteroatoms. The third-order valence-electron chi connectivity index (χ3n) is 4.14. The Labute approximate surface area is 161 Å². The van der Waals surface area contributed by atoms with Gasteiger partial charge in [-0.15, -0.1) is 0 Å². The molecule has 0 aliphatic carbocycles. The SMILES string of the molecule is O=C(c1ccccc1)c1ccc(O)cc1O.Oc1cccc2c(O)cccc12. The molecule has 5 nitrogen and oxygen atoms in total. The van der Waals surface area contributed by atoms with Crippen LogP contribution in [0.5, 0.6) is 23.0 Å². The van der Waals surface area contributed by atoms with Crippen LogP contribution in [-0.2, 0) is 0 Å². The van der Waals surface area contributed by atoms with Gasteiger partial charge in [-0.3, -0.25) is 4.79 Å². The maximum atomic E-state index is 11.9. The van der Waals surface area contributed by atoms with Gasteiger partial charge >= 0.3 is 0 Å². The van der Waals surface area contributed by atoms with Gasteiger partial charge in [0.15, 0.2) is 5.78 Å². The highest BCUT2D eigenvalue weighted by Gasteiger charge is 2.13. The zero-order valence-corrected chi connectivity index (χ0v) is 14.8. The molecule has 4 rings (SSSR count). The molecule has 0 fully saturated rings. The van der Waals surface area contributed by atoms with Crippen molar-refractivity contribution in [2.75, 3.05) is 0 Å². The predicted octanol–water partition coefficient (Wildman–Crippen LogP) is 4.58. The molecule has 0 bridgehead atoms. The normalized spacial score (nSPS) is 10.1. The molecule has 0 aliphatic rings. The molecule has 0 radical (unpaired) electrons. The van der Waals surface area contributed by atoms with Gasteiger partial charge in [-0.25, -0.2) is 0 Å². The smallest absolute Gasteiger partial charge is 0.196 e. The van der Waals surface area contributed by atoms with Crippen molar-refractivity contribution in [3.8, 4) is 23.0 Å². The van der Waals surface area contributed by atoms with Crippen molar-refractivity contribution in [1.29, 1.82) is 0 Å². The van der Waals surface area contributed by atoms with Crippen molar-refractivity contribution in [3.05, 3.63) is 96.1 Å². The van der Waals surface area contributed by atoms with Gasteiger partial charge in [0.1, 0.15) is 23.0 Å². The van der Waals surface area contributed by atoms with Gasteiger partial charge in [0, 0.05) is 22.4 Å². The van der Waals surface area contributed by atoms with Crippen LogP contribution in [0.3, 0.4) is 0 Å². The largest absolute Gasteiger partial charge is 0.508 e. The molecule has 140 valence electrons. The molecule has 0 aliphatic heterocycles. The van der Waals surface area contributed by atoms with E-state index in [9.17, 15) is 20.1 Å². The topological polar surface area (TPSA) is 98.0 Å². The summed E-state index contributed by atoms with van der Waals surface area (Å²) in [5.74, 6) is -0.152. The number of benzene rings is 4. The monoisotopic (exact) mass is 374 g/mol. The molecule has 0 aromatic heterocycles. The molecule has 0 saturated carbocycles. The van der Waals surface area contributed by atoms with Crippen LogP contribution in [-0.4, -0.2) is 26.2 Å². The molecule has 0 saturated heterocycles. The van der Waals surface area contributed by atoms with E-state index >= 15 is 0 Å². The summed E-state index contributed by atoms with van der Waals surface area (Å²) in [6.45, 7) is 0. The lowest BCUT2D eigenvalue weighted by Crippen LogP contribution is -2.00. The summed E-state index contributed by atoms with van der Waals surface area (Å²) in [5.41, 5.74) is 0.687. The van der Waals surface area contributed by atoms with Gasteiger partial charge in [0.05, 0.1) is 5.56 Å². The molecule has 4 aromatic rings. The van der Waals surface area contributed by atoms with E-state index in [4.69, 9.17) is 5.11 Å². The van der Waals surface area contributed by atoms with Crippen molar-refractivity contribution in [2.45, 2.75) is 0 Å². The van der Waals surface area contributed by atoms with Crippen LogP contribution in [0.2, 0.25) is 0 Å². The molecule has 0 atom stereocenters. The van der Waals surface area contributed by atoms with Gasteiger partial charge < -0.3 is 20.4 Å². The second-order valence-electron chi connectivity index (χ2n) is 6.05. The number of aromatic hydroxyl groups is 4. The average molecular weight is 374 g/mol. The molecule has 28 heavy (non-hydrogen) atoms. The Hall–Kier alpha value is -3.99. The first-order valence-corrected chi connectivity index (χ1v) is 8.49. The minimum absolute atomic E-state index is 0.0675. The number of rotatable bonds is 2. The number of fused-ring (bicyclic) bond motifs is 1. The van der Waals surface area contributed by atoms with Gasteiger partial charge in [0.25, 0.3) is 0 Å². The minimum atomic E-state index is -0.266. The first-order valence-electron chi connectivity index (χ1n) is 8.49. The van der Waals surface area contributed by atoms with Crippen molar-refractivity contribution >= 4 is 16.6 Å². The Morgan fingerprint density at radius 2 is 1.14 bits per heavy atom. The van der Waals surface area contributed by atoms with E-state index in [0.717, 1.165) is 6.07 Å². The Bertz CT molecular complexity index is 1080. The summed E-state index contributed by atoms with van der Waals surface area (Å²) in [5, 5.41) is 38.8. The standard InChI is InChI=1S/C13H10O3.C10H8O2/c14-10-6-7-11(12(15)8-10)13(16)9-4-2-1-3-5-9;11-9-5-1-3-7-8(9)4-2-6-10(7)12/h1-8,14-15H;1-6,11-12H. The number of ketones is 1. The van der Waals surface area contributed by atoms with Gasteiger partial charge in [0.2, 0.25) is 0 Å². The number of phenolic OH excluding ortho intramolecular Hbond substituents is 4. The van der Waals surface area contributed by atoms with Crippen molar-refractivity contribution in [2.24, 2.45) is 0 Å². The van der Waals surface area contributed by atoms with E-state index < -0.39 is 0 Å². The van der Waals surface area contributed by atoms with E-state index in [0.29, 0.717) is 16.3 Å². The molecule has 0 amide bonds. The molecule has 0 spiro atoms. The minimum Gasteiger partial charge on any atom is -0.508 e. The second kappa shape index (κ2) is 8.14. The summed E-state index contributed by atoms with van der Waals surface area (Å²) >= 11 is 0. The van der Waals surface area contributed by atoms with Gasteiger partial charge in [-0.2, -0.15) is 0 Å². The third kappa shape index (κ3) is 4.04. The maximum Gasteiger partial charge on any atom is 0.196 e. The quantitative estimate of drug-likeness (QED) is 0.385. The third-order valence-corrected chi connectivity index (χ3v) is 4.14. The number of carbonyl (C=O) groups is 1. The summed E-state index contributed by atoms with van der Waals surface area (Å²) in [6.07, 6.45) is 0. The number of carbonyl (C=O) groups excluding carboxylic acids is 1. The summed E-state index contributed by atoms with van der Waals surface area (Å²) in [4.78, 5) is 11.9. The zero-order chi connectivity index (χ0) is 20.1. The molecule has 4 aromatic carbocycles. The maximum absolute atomic E-state index is 11.9. The zero-order valence-electron chi connectivity index (χ0n) is 14.8. The van der Waals surface area contributed by atoms with Crippen LogP contribution in [0, 0.1) is 0 Å². The lowest BCUT2D eigenvalue weighted by molar-refractivity contribution is 0.103. The molecule has 0 unspecified atom stereocenters. The fourth-order valence-corrected chi connectivity index (χ4v) is 2.73. The van der Waals surface area contributed by atoms with Crippen LogP contribution >= 0.6 is 0 Å². The van der Waals surface area contributed by atoms with Crippen molar-refractivity contribution in [3.63, 3.8) is 0 Å². The summed E-state index contributed by atoms with van der Waals surface area (Å²) < 4.78 is 0. The summed E-state index contributed by atoms with van der Waals surface area (Å²) in [6, 6.07) is 22.7. The van der Waals surface area contributed by atoms with Gasteiger partial charge in [-0.05, 0) is 24.3 Å². The molecular formula is C23H18O5. The Morgan fingerprint density at radius 1 is 0.571 bits per heavy atom. The second-order valence-corrected chi connectivity index (χ2v) is 6.05. The Kier molecular flexibility index (Phi) is 5.46. The van der Waals surface area contributed by atoms with Crippen LogP contribution in [0.1, 0.15) is 15.9 Å².